The molecule has 2 unspecified atom stereocenters. The number of carbonyl (C=O) groups excluding carboxylic acids is 1. The third-order valence-corrected chi connectivity index (χ3v) is 5.15. The van der Waals surface area contributed by atoms with Crippen molar-refractivity contribution in [2.45, 2.75) is 59.2 Å². The van der Waals surface area contributed by atoms with E-state index in [2.05, 4.69) is 6.92 Å². The van der Waals surface area contributed by atoms with E-state index in [1.165, 1.54) is 5.56 Å². The van der Waals surface area contributed by atoms with Crippen LogP contribution in [0.15, 0.2) is 48.5 Å². The third-order valence-electron chi connectivity index (χ3n) is 5.15. The number of anilines is 1. The lowest BCUT2D eigenvalue weighted by atomic mass is 10.1. The van der Waals surface area contributed by atoms with Gasteiger partial charge in [0.25, 0.3) is 5.91 Å². The Morgan fingerprint density at radius 1 is 0.903 bits per heavy atom. The van der Waals surface area contributed by atoms with Gasteiger partial charge in [-0.05, 0) is 62.1 Å². The fraction of sp³-hybridized carbons (Fsp3) is 0.440. The van der Waals surface area contributed by atoms with Crippen LogP contribution in [0.3, 0.4) is 0 Å². The van der Waals surface area contributed by atoms with Crippen LogP contribution in [-0.4, -0.2) is 42.3 Å². The van der Waals surface area contributed by atoms with Crippen LogP contribution in [0.5, 0.6) is 5.75 Å². The molecule has 2 aromatic carbocycles. The number of rotatable bonds is 12. The van der Waals surface area contributed by atoms with Gasteiger partial charge >= 0.3 is 5.97 Å². The van der Waals surface area contributed by atoms with Crippen molar-refractivity contribution in [1.82, 2.24) is 0 Å². The van der Waals surface area contributed by atoms with Crippen molar-refractivity contribution in [2.75, 3.05) is 18.1 Å². The molecule has 168 valence electrons. The Labute approximate surface area is 184 Å². The van der Waals surface area contributed by atoms with Crippen molar-refractivity contribution in [1.29, 1.82) is 0 Å². The summed E-state index contributed by atoms with van der Waals surface area (Å²) in [6.45, 7) is 8.63. The van der Waals surface area contributed by atoms with Crippen LogP contribution in [-0.2, 0) is 27.2 Å². The molecular weight excluding hydrogens is 394 g/mol. The lowest BCUT2D eigenvalue weighted by Gasteiger charge is -2.26. The summed E-state index contributed by atoms with van der Waals surface area (Å²) in [6, 6.07) is 15.2. The van der Waals surface area contributed by atoms with Gasteiger partial charge in [0, 0.05) is 25.3 Å². The lowest BCUT2D eigenvalue weighted by Crippen LogP contribution is -2.41. The third kappa shape index (κ3) is 6.82. The number of hydrogen-bond donors (Lipinski definition) is 1. The van der Waals surface area contributed by atoms with Gasteiger partial charge in [0.2, 0.25) is 0 Å². The average molecular weight is 428 g/mol. The summed E-state index contributed by atoms with van der Waals surface area (Å²) in [6.07, 6.45) is 0.284. The van der Waals surface area contributed by atoms with Crippen LogP contribution in [0.25, 0.3) is 0 Å². The second-order valence-corrected chi connectivity index (χ2v) is 7.25. The molecule has 0 aliphatic heterocycles. The maximum absolute atomic E-state index is 13.1. The molecule has 6 heteroatoms. The van der Waals surface area contributed by atoms with E-state index >= 15 is 0 Å². The number of carboxylic acid groups (broad SMARTS) is 1. The Kier molecular flexibility index (Phi) is 9.53. The van der Waals surface area contributed by atoms with E-state index in [1.54, 1.807) is 24.0 Å². The molecule has 0 spiro atoms. The molecule has 0 saturated heterocycles. The highest BCUT2D eigenvalue weighted by Gasteiger charge is 2.25. The maximum Gasteiger partial charge on any atom is 0.333 e. The van der Waals surface area contributed by atoms with Crippen LogP contribution in [0.1, 0.15) is 45.2 Å². The Balaban J connectivity index is 2.08. The van der Waals surface area contributed by atoms with Gasteiger partial charge in [-0.1, -0.05) is 38.1 Å². The predicted octanol–water partition coefficient (Wildman–Crippen LogP) is 4.49. The molecule has 2 atom stereocenters. The number of nitrogens with zero attached hydrogens (tertiary/aromatic N) is 1. The molecule has 31 heavy (non-hydrogen) atoms. The summed E-state index contributed by atoms with van der Waals surface area (Å²) in [5, 5.41) is 9.24. The molecule has 1 N–H and O–H groups in total. The molecule has 2 aromatic rings. The zero-order valence-corrected chi connectivity index (χ0v) is 18.8. The van der Waals surface area contributed by atoms with Crippen molar-refractivity contribution in [2.24, 2.45) is 0 Å². The maximum atomic E-state index is 13.1. The number of likely N-dealkylation sites (N-methyl/N-ethyl adjacent to an activating group) is 1. The van der Waals surface area contributed by atoms with Gasteiger partial charge in [0.15, 0.2) is 12.2 Å². The van der Waals surface area contributed by atoms with E-state index in [0.717, 1.165) is 17.7 Å². The van der Waals surface area contributed by atoms with Gasteiger partial charge < -0.3 is 19.5 Å². The fourth-order valence-electron chi connectivity index (χ4n) is 3.36. The average Bonchev–Trinajstić information content (AvgIpc) is 2.79. The van der Waals surface area contributed by atoms with Crippen LogP contribution in [0, 0.1) is 0 Å². The fourth-order valence-corrected chi connectivity index (χ4v) is 3.36. The molecule has 0 saturated carbocycles. The predicted molar refractivity (Wildman–Crippen MR) is 122 cm³/mol. The number of hydrogen-bond acceptors (Lipinski definition) is 4. The van der Waals surface area contributed by atoms with E-state index in [0.29, 0.717) is 25.3 Å². The summed E-state index contributed by atoms with van der Waals surface area (Å²) >= 11 is 0. The number of aryl methyl sites for hydroxylation is 1. The smallest absolute Gasteiger partial charge is 0.333 e. The van der Waals surface area contributed by atoms with Gasteiger partial charge in [0.1, 0.15) is 5.75 Å². The van der Waals surface area contributed by atoms with E-state index in [1.807, 2.05) is 50.2 Å². The van der Waals surface area contributed by atoms with E-state index in [9.17, 15) is 14.7 Å². The number of amides is 1. The van der Waals surface area contributed by atoms with Crippen LogP contribution in [0.2, 0.25) is 0 Å². The largest absolute Gasteiger partial charge is 0.481 e. The molecule has 0 radical (unpaired) electrons. The highest BCUT2D eigenvalue weighted by Crippen LogP contribution is 2.21. The minimum Gasteiger partial charge on any atom is -0.481 e. The van der Waals surface area contributed by atoms with Crippen molar-refractivity contribution in [3.05, 3.63) is 59.7 Å². The standard InChI is InChI=1S/C25H33NO5/c1-5-18-9-13-20(14-10-18)26(7-3)24(27)22(6-2)31-21-15-11-19(12-16-21)17-23(25(28)29)30-8-4/h9-16,22-23H,5-8,17H2,1-4H3,(H,28,29). The van der Waals surface area contributed by atoms with Crippen LogP contribution < -0.4 is 9.64 Å². The SMILES string of the molecule is CCOC(Cc1ccc(OC(CC)C(=O)N(CC)c2ccc(CC)cc2)cc1)C(=O)O. The number of benzene rings is 2. The number of carbonyl (C=O) groups is 2. The number of carboxylic acids is 1. The second-order valence-electron chi connectivity index (χ2n) is 7.25. The molecule has 0 heterocycles. The summed E-state index contributed by atoms with van der Waals surface area (Å²) in [5.74, 6) is -0.490. The quantitative estimate of drug-likeness (QED) is 0.540. The van der Waals surface area contributed by atoms with Gasteiger partial charge in [-0.15, -0.1) is 0 Å². The molecule has 0 aliphatic carbocycles. The van der Waals surface area contributed by atoms with E-state index in [-0.39, 0.29) is 12.3 Å². The first-order valence-electron chi connectivity index (χ1n) is 10.9. The monoisotopic (exact) mass is 427 g/mol. The van der Waals surface area contributed by atoms with Crippen molar-refractivity contribution in [3.8, 4) is 5.75 Å². The van der Waals surface area contributed by atoms with Crippen LogP contribution >= 0.6 is 0 Å². The lowest BCUT2D eigenvalue weighted by molar-refractivity contribution is -0.150. The Morgan fingerprint density at radius 3 is 2.00 bits per heavy atom. The van der Waals surface area contributed by atoms with Crippen molar-refractivity contribution >= 4 is 17.6 Å². The zero-order valence-electron chi connectivity index (χ0n) is 18.8. The Hall–Kier alpha value is -2.86. The van der Waals surface area contributed by atoms with E-state index in [4.69, 9.17) is 9.47 Å². The molecule has 0 aromatic heterocycles. The number of ether oxygens (including phenoxy) is 2. The molecule has 0 aliphatic rings. The highest BCUT2D eigenvalue weighted by molar-refractivity contribution is 5.96. The van der Waals surface area contributed by atoms with Crippen LogP contribution in [0.4, 0.5) is 5.69 Å². The number of aliphatic carboxylic acids is 1. The normalized spacial score (nSPS) is 12.8. The summed E-state index contributed by atoms with van der Waals surface area (Å²) in [7, 11) is 0. The van der Waals surface area contributed by atoms with Crippen molar-refractivity contribution < 1.29 is 24.2 Å². The summed E-state index contributed by atoms with van der Waals surface area (Å²) in [4.78, 5) is 26.2. The first-order chi connectivity index (χ1) is 14.9. The summed E-state index contributed by atoms with van der Waals surface area (Å²) in [5.41, 5.74) is 2.92. The first-order valence-corrected chi connectivity index (χ1v) is 10.9. The van der Waals surface area contributed by atoms with E-state index < -0.39 is 18.2 Å². The summed E-state index contributed by atoms with van der Waals surface area (Å²) < 4.78 is 11.3. The van der Waals surface area contributed by atoms with Crippen molar-refractivity contribution in [3.63, 3.8) is 0 Å². The molecule has 6 nitrogen and oxygen atoms in total. The second kappa shape index (κ2) is 12.1. The molecule has 1 amide bonds. The minimum absolute atomic E-state index is 0.0828. The zero-order chi connectivity index (χ0) is 22.8. The van der Waals surface area contributed by atoms with Gasteiger partial charge in [-0.25, -0.2) is 4.79 Å². The first kappa shape index (κ1) is 24.4. The van der Waals surface area contributed by atoms with Gasteiger partial charge in [0.05, 0.1) is 0 Å². The van der Waals surface area contributed by atoms with Gasteiger partial charge in [-0.3, -0.25) is 4.79 Å². The Morgan fingerprint density at radius 2 is 1.52 bits per heavy atom. The van der Waals surface area contributed by atoms with Gasteiger partial charge in [-0.2, -0.15) is 0 Å². The highest BCUT2D eigenvalue weighted by atomic mass is 16.5. The Bertz CT molecular complexity index is 832. The molecule has 0 bridgehead atoms. The molecular formula is C25H33NO5. The molecule has 2 rings (SSSR count). The molecule has 0 fully saturated rings. The minimum atomic E-state index is -0.981. The topological polar surface area (TPSA) is 76.1 Å².